The van der Waals surface area contributed by atoms with Gasteiger partial charge in [-0.05, 0) is 24.6 Å². The van der Waals surface area contributed by atoms with E-state index in [1.165, 1.54) is 0 Å². The SMILES string of the molecule is Cc1cnc(N)nc1-c1ccc[nH]1. The minimum Gasteiger partial charge on any atom is -0.368 e. The molecule has 0 saturated carbocycles. The van der Waals surface area contributed by atoms with E-state index in [0.717, 1.165) is 17.0 Å². The molecule has 0 amide bonds. The van der Waals surface area contributed by atoms with Crippen LogP contribution in [0.5, 0.6) is 0 Å². The molecule has 3 N–H and O–H groups in total. The molecule has 2 aromatic rings. The summed E-state index contributed by atoms with van der Waals surface area (Å²) < 4.78 is 0. The summed E-state index contributed by atoms with van der Waals surface area (Å²) in [6.07, 6.45) is 3.57. The molecule has 0 aromatic carbocycles. The second-order valence-electron chi connectivity index (χ2n) is 2.84. The van der Waals surface area contributed by atoms with E-state index < -0.39 is 0 Å². The zero-order valence-corrected chi connectivity index (χ0v) is 7.28. The number of rotatable bonds is 1. The van der Waals surface area contributed by atoms with E-state index in [1.54, 1.807) is 6.20 Å². The Morgan fingerprint density at radius 2 is 2.31 bits per heavy atom. The molecule has 2 aromatic heterocycles. The lowest BCUT2D eigenvalue weighted by molar-refractivity contribution is 1.14. The summed E-state index contributed by atoms with van der Waals surface area (Å²) in [5.41, 5.74) is 8.33. The fourth-order valence-electron chi connectivity index (χ4n) is 1.21. The van der Waals surface area contributed by atoms with Crippen molar-refractivity contribution >= 4 is 5.95 Å². The Morgan fingerprint density at radius 3 is 3.00 bits per heavy atom. The van der Waals surface area contributed by atoms with E-state index in [2.05, 4.69) is 15.0 Å². The first kappa shape index (κ1) is 7.79. The Morgan fingerprint density at radius 1 is 1.46 bits per heavy atom. The first-order valence-corrected chi connectivity index (χ1v) is 4.00. The number of aromatic amines is 1. The van der Waals surface area contributed by atoms with Crippen LogP contribution >= 0.6 is 0 Å². The highest BCUT2D eigenvalue weighted by Crippen LogP contribution is 2.18. The van der Waals surface area contributed by atoms with Crippen molar-refractivity contribution in [2.24, 2.45) is 0 Å². The number of nitrogens with two attached hydrogens (primary N) is 1. The van der Waals surface area contributed by atoms with E-state index in [-0.39, 0.29) is 0 Å². The molecule has 0 unspecified atom stereocenters. The number of aryl methyl sites for hydroxylation is 1. The average Bonchev–Trinajstić information content (AvgIpc) is 2.61. The van der Waals surface area contributed by atoms with E-state index in [1.807, 2.05) is 25.3 Å². The molecule has 66 valence electrons. The zero-order valence-electron chi connectivity index (χ0n) is 7.28. The van der Waals surface area contributed by atoms with E-state index >= 15 is 0 Å². The first-order valence-electron chi connectivity index (χ1n) is 4.00. The van der Waals surface area contributed by atoms with Crippen LogP contribution in [0.2, 0.25) is 0 Å². The molecule has 0 saturated heterocycles. The molecule has 0 aliphatic heterocycles. The summed E-state index contributed by atoms with van der Waals surface area (Å²) in [5, 5.41) is 0. The number of hydrogen-bond acceptors (Lipinski definition) is 3. The highest BCUT2D eigenvalue weighted by molar-refractivity contribution is 5.59. The van der Waals surface area contributed by atoms with Crippen molar-refractivity contribution < 1.29 is 0 Å². The monoisotopic (exact) mass is 174 g/mol. The summed E-state index contributed by atoms with van der Waals surface area (Å²) in [6, 6.07) is 3.88. The van der Waals surface area contributed by atoms with Crippen molar-refractivity contribution in [1.82, 2.24) is 15.0 Å². The van der Waals surface area contributed by atoms with Crippen LogP contribution in [0.3, 0.4) is 0 Å². The molecule has 0 bridgehead atoms. The van der Waals surface area contributed by atoms with E-state index in [4.69, 9.17) is 5.73 Å². The molecule has 0 fully saturated rings. The van der Waals surface area contributed by atoms with Crippen molar-refractivity contribution in [3.05, 3.63) is 30.1 Å². The van der Waals surface area contributed by atoms with Gasteiger partial charge in [0.25, 0.3) is 0 Å². The molecule has 2 rings (SSSR count). The molecule has 4 heteroatoms. The lowest BCUT2D eigenvalue weighted by Gasteiger charge is -2.01. The maximum Gasteiger partial charge on any atom is 0.220 e. The fourth-order valence-corrected chi connectivity index (χ4v) is 1.21. The van der Waals surface area contributed by atoms with Crippen LogP contribution in [-0.4, -0.2) is 15.0 Å². The fraction of sp³-hybridized carbons (Fsp3) is 0.111. The van der Waals surface area contributed by atoms with Gasteiger partial charge in [0, 0.05) is 12.4 Å². The molecule has 0 spiro atoms. The van der Waals surface area contributed by atoms with Gasteiger partial charge in [-0.1, -0.05) is 0 Å². The Bertz CT molecular complexity index is 406. The minimum atomic E-state index is 0.301. The summed E-state index contributed by atoms with van der Waals surface area (Å²) in [7, 11) is 0. The number of nitrogens with one attached hydrogen (secondary N) is 1. The molecular weight excluding hydrogens is 164 g/mol. The normalized spacial score (nSPS) is 10.2. The molecule has 0 radical (unpaired) electrons. The van der Waals surface area contributed by atoms with Crippen molar-refractivity contribution in [2.45, 2.75) is 6.92 Å². The van der Waals surface area contributed by atoms with Crippen LogP contribution in [0, 0.1) is 6.92 Å². The van der Waals surface area contributed by atoms with Crippen molar-refractivity contribution in [3.8, 4) is 11.4 Å². The molecule has 0 aliphatic carbocycles. The molecular formula is C9H10N4. The Kier molecular flexibility index (Phi) is 1.73. The maximum atomic E-state index is 5.50. The highest BCUT2D eigenvalue weighted by Gasteiger charge is 2.04. The van der Waals surface area contributed by atoms with Crippen LogP contribution in [0.25, 0.3) is 11.4 Å². The number of nitrogens with zero attached hydrogens (tertiary/aromatic N) is 2. The molecule has 4 nitrogen and oxygen atoms in total. The average molecular weight is 174 g/mol. The first-order chi connectivity index (χ1) is 6.27. The van der Waals surface area contributed by atoms with Gasteiger partial charge in [-0.2, -0.15) is 0 Å². The number of aromatic nitrogens is 3. The van der Waals surface area contributed by atoms with Crippen LogP contribution in [-0.2, 0) is 0 Å². The summed E-state index contributed by atoms with van der Waals surface area (Å²) in [5.74, 6) is 0.301. The summed E-state index contributed by atoms with van der Waals surface area (Å²) in [6.45, 7) is 1.95. The van der Waals surface area contributed by atoms with E-state index in [9.17, 15) is 0 Å². The lowest BCUT2D eigenvalue weighted by Crippen LogP contribution is -1.98. The van der Waals surface area contributed by atoms with Crippen LogP contribution in [0.15, 0.2) is 24.5 Å². The minimum absolute atomic E-state index is 0.301. The number of anilines is 1. The third kappa shape index (κ3) is 1.38. The van der Waals surface area contributed by atoms with Gasteiger partial charge in [-0.3, -0.25) is 0 Å². The number of hydrogen-bond donors (Lipinski definition) is 2. The Labute approximate surface area is 75.8 Å². The van der Waals surface area contributed by atoms with Gasteiger partial charge in [0.2, 0.25) is 5.95 Å². The largest absolute Gasteiger partial charge is 0.368 e. The van der Waals surface area contributed by atoms with Crippen molar-refractivity contribution in [1.29, 1.82) is 0 Å². The Hall–Kier alpha value is -1.84. The highest BCUT2D eigenvalue weighted by atomic mass is 15.0. The van der Waals surface area contributed by atoms with Crippen molar-refractivity contribution in [3.63, 3.8) is 0 Å². The van der Waals surface area contributed by atoms with Crippen molar-refractivity contribution in [2.75, 3.05) is 5.73 Å². The van der Waals surface area contributed by atoms with Crippen LogP contribution < -0.4 is 5.73 Å². The molecule has 0 aliphatic rings. The second kappa shape index (κ2) is 2.90. The van der Waals surface area contributed by atoms with Gasteiger partial charge in [-0.25, -0.2) is 9.97 Å². The van der Waals surface area contributed by atoms with Crippen LogP contribution in [0.4, 0.5) is 5.95 Å². The quantitative estimate of drug-likeness (QED) is 0.686. The van der Waals surface area contributed by atoms with Gasteiger partial charge >= 0.3 is 0 Å². The molecule has 0 atom stereocenters. The lowest BCUT2D eigenvalue weighted by atomic mass is 10.2. The van der Waals surface area contributed by atoms with Gasteiger partial charge in [0.15, 0.2) is 0 Å². The van der Waals surface area contributed by atoms with E-state index in [0.29, 0.717) is 5.95 Å². The number of H-pyrrole nitrogens is 1. The third-order valence-corrected chi connectivity index (χ3v) is 1.84. The zero-order chi connectivity index (χ0) is 9.26. The van der Waals surface area contributed by atoms with Gasteiger partial charge in [0.05, 0.1) is 11.4 Å². The van der Waals surface area contributed by atoms with Crippen LogP contribution in [0.1, 0.15) is 5.56 Å². The van der Waals surface area contributed by atoms with Gasteiger partial charge in [0.1, 0.15) is 0 Å². The maximum absolute atomic E-state index is 5.50. The number of nitrogen functional groups attached to an aromatic ring is 1. The third-order valence-electron chi connectivity index (χ3n) is 1.84. The van der Waals surface area contributed by atoms with Gasteiger partial charge in [-0.15, -0.1) is 0 Å². The molecule has 13 heavy (non-hydrogen) atoms. The predicted octanol–water partition coefficient (Wildman–Crippen LogP) is 1.36. The topological polar surface area (TPSA) is 67.6 Å². The Balaban J connectivity index is 2.57. The standard InChI is InChI=1S/C9H10N4/c1-6-5-12-9(10)13-8(6)7-3-2-4-11-7/h2-5,11H,1H3,(H2,10,12,13). The molecule has 2 heterocycles. The van der Waals surface area contributed by atoms with Gasteiger partial charge < -0.3 is 10.7 Å². The second-order valence-corrected chi connectivity index (χ2v) is 2.84. The summed E-state index contributed by atoms with van der Waals surface area (Å²) >= 11 is 0. The smallest absolute Gasteiger partial charge is 0.220 e. The predicted molar refractivity (Wildman–Crippen MR) is 51.0 cm³/mol. The summed E-state index contributed by atoms with van der Waals surface area (Å²) in [4.78, 5) is 11.1.